The second-order valence-electron chi connectivity index (χ2n) is 4.53. The molecule has 0 aliphatic carbocycles. The summed E-state index contributed by atoms with van der Waals surface area (Å²) in [6, 6.07) is 7.78. The Morgan fingerprint density at radius 3 is 2.58 bits per heavy atom. The van der Waals surface area contributed by atoms with Crippen LogP contribution in [0.3, 0.4) is 0 Å². The third-order valence-corrected chi connectivity index (χ3v) is 4.16. The molecule has 0 aliphatic rings. The molecule has 0 atom stereocenters. The first-order valence-corrected chi connectivity index (χ1v) is 8.26. The molecule has 0 fully saturated rings. The van der Waals surface area contributed by atoms with Gasteiger partial charge in [-0.3, -0.25) is 4.99 Å². The van der Waals surface area contributed by atoms with E-state index in [2.05, 4.69) is 36.5 Å². The smallest absolute Gasteiger partial charge is 0.352 e. The van der Waals surface area contributed by atoms with Crippen molar-refractivity contribution in [3.63, 3.8) is 0 Å². The number of halogens is 5. The van der Waals surface area contributed by atoms with Gasteiger partial charge in [0.15, 0.2) is 11.7 Å². The van der Waals surface area contributed by atoms with Gasteiger partial charge in [0.1, 0.15) is 5.01 Å². The Kier molecular flexibility index (Phi) is 8.43. The van der Waals surface area contributed by atoms with Gasteiger partial charge in [-0.2, -0.15) is 13.2 Å². The van der Waals surface area contributed by atoms with Crippen LogP contribution in [0.25, 0.3) is 0 Å². The second-order valence-corrected chi connectivity index (χ2v) is 6.39. The molecule has 1 aromatic carbocycles. The summed E-state index contributed by atoms with van der Waals surface area (Å²) in [4.78, 5) is 7.59. The first kappa shape index (κ1) is 21.2. The fraction of sp³-hybridized carbons (Fsp3) is 0.286. The van der Waals surface area contributed by atoms with E-state index < -0.39 is 11.9 Å². The van der Waals surface area contributed by atoms with Crippen LogP contribution >= 0.6 is 51.2 Å². The molecule has 4 nitrogen and oxygen atoms in total. The number of guanidine groups is 1. The van der Waals surface area contributed by atoms with Crippen LogP contribution in [0.2, 0.25) is 0 Å². The fourth-order valence-corrected chi connectivity index (χ4v) is 2.92. The summed E-state index contributed by atoms with van der Waals surface area (Å²) in [6.07, 6.45) is -4.41. The highest BCUT2D eigenvalue weighted by atomic mass is 127. The van der Waals surface area contributed by atoms with Crippen molar-refractivity contribution in [2.75, 3.05) is 7.05 Å². The number of hydrogen-bond acceptors (Lipinski definition) is 3. The molecule has 2 aromatic rings. The van der Waals surface area contributed by atoms with Gasteiger partial charge in [0, 0.05) is 23.4 Å². The summed E-state index contributed by atoms with van der Waals surface area (Å²) < 4.78 is 38.4. The van der Waals surface area contributed by atoms with E-state index in [9.17, 15) is 13.2 Å². The van der Waals surface area contributed by atoms with Crippen LogP contribution in [-0.4, -0.2) is 18.0 Å². The molecule has 0 saturated heterocycles. The molecular formula is C14H15BrF3IN4S. The molecule has 10 heteroatoms. The Balaban J connectivity index is 0.00000288. The van der Waals surface area contributed by atoms with Crippen molar-refractivity contribution in [2.45, 2.75) is 19.3 Å². The van der Waals surface area contributed by atoms with Crippen LogP contribution < -0.4 is 10.6 Å². The predicted octanol–water partition coefficient (Wildman–Crippen LogP) is 4.41. The van der Waals surface area contributed by atoms with E-state index in [0.717, 1.165) is 26.8 Å². The van der Waals surface area contributed by atoms with Gasteiger partial charge >= 0.3 is 6.18 Å². The zero-order chi connectivity index (χ0) is 16.9. The van der Waals surface area contributed by atoms with Crippen molar-refractivity contribution in [1.82, 2.24) is 15.6 Å². The SMILES string of the molecule is CN=C(NCc1cccc(Br)c1)NCc1nc(C(F)(F)F)cs1.I. The topological polar surface area (TPSA) is 49.3 Å². The highest BCUT2D eigenvalue weighted by molar-refractivity contribution is 14.0. The Bertz CT molecular complexity index is 691. The maximum atomic E-state index is 12.5. The number of rotatable bonds is 4. The van der Waals surface area contributed by atoms with E-state index in [4.69, 9.17) is 0 Å². The van der Waals surface area contributed by atoms with Gasteiger partial charge in [-0.15, -0.1) is 35.3 Å². The van der Waals surface area contributed by atoms with E-state index in [1.165, 1.54) is 0 Å². The Hall–Kier alpha value is -0.880. The molecule has 24 heavy (non-hydrogen) atoms. The lowest BCUT2D eigenvalue weighted by Gasteiger charge is -2.11. The van der Waals surface area contributed by atoms with E-state index in [1.807, 2.05) is 24.3 Å². The Morgan fingerprint density at radius 2 is 2.00 bits per heavy atom. The first-order chi connectivity index (χ1) is 10.9. The summed E-state index contributed by atoms with van der Waals surface area (Å²) in [5, 5.41) is 7.39. The number of aliphatic imine (C=N–C) groups is 1. The fourth-order valence-electron chi connectivity index (χ4n) is 1.73. The van der Waals surface area contributed by atoms with Gasteiger partial charge in [0.05, 0.1) is 6.54 Å². The van der Waals surface area contributed by atoms with E-state index >= 15 is 0 Å². The molecule has 2 N–H and O–H groups in total. The molecular weight excluding hydrogens is 520 g/mol. The van der Waals surface area contributed by atoms with Crippen molar-refractivity contribution in [3.8, 4) is 0 Å². The monoisotopic (exact) mass is 534 g/mol. The van der Waals surface area contributed by atoms with Crippen molar-refractivity contribution in [2.24, 2.45) is 4.99 Å². The third-order valence-electron chi connectivity index (χ3n) is 2.82. The zero-order valence-corrected chi connectivity index (χ0v) is 17.3. The zero-order valence-electron chi connectivity index (χ0n) is 12.5. The van der Waals surface area contributed by atoms with Crippen molar-refractivity contribution in [3.05, 3.63) is 50.4 Å². The minimum Gasteiger partial charge on any atom is -0.352 e. The van der Waals surface area contributed by atoms with Crippen LogP contribution in [0, 0.1) is 0 Å². The van der Waals surface area contributed by atoms with Crippen LogP contribution in [0.15, 0.2) is 39.1 Å². The number of nitrogens with zero attached hydrogens (tertiary/aromatic N) is 2. The minimum absolute atomic E-state index is 0. The van der Waals surface area contributed by atoms with E-state index in [1.54, 1.807) is 7.05 Å². The first-order valence-electron chi connectivity index (χ1n) is 6.59. The highest BCUT2D eigenvalue weighted by Gasteiger charge is 2.33. The molecule has 0 unspecified atom stereocenters. The number of alkyl halides is 3. The van der Waals surface area contributed by atoms with Gasteiger partial charge < -0.3 is 10.6 Å². The van der Waals surface area contributed by atoms with Gasteiger partial charge in [-0.05, 0) is 17.7 Å². The quantitative estimate of drug-likeness (QED) is 0.347. The summed E-state index contributed by atoms with van der Waals surface area (Å²) in [5.41, 5.74) is 0.187. The van der Waals surface area contributed by atoms with Crippen LogP contribution in [0.1, 0.15) is 16.3 Å². The van der Waals surface area contributed by atoms with Gasteiger partial charge in [0.2, 0.25) is 0 Å². The second kappa shape index (κ2) is 9.56. The summed E-state index contributed by atoms with van der Waals surface area (Å²) in [6.45, 7) is 0.726. The number of benzene rings is 1. The standard InChI is InChI=1S/C14H14BrF3N4S.HI/c1-19-13(20-6-9-3-2-4-10(15)5-9)21-7-12-22-11(8-23-12)14(16,17)18;/h2-5,8H,6-7H2,1H3,(H2,19,20,21);1H. The van der Waals surface area contributed by atoms with Gasteiger partial charge in [-0.25, -0.2) is 4.98 Å². The molecule has 0 radical (unpaired) electrons. The maximum absolute atomic E-state index is 12.5. The average Bonchev–Trinajstić information content (AvgIpc) is 2.96. The van der Waals surface area contributed by atoms with Crippen molar-refractivity contribution in [1.29, 1.82) is 0 Å². The Labute approximate surface area is 167 Å². The largest absolute Gasteiger partial charge is 0.434 e. The number of nitrogens with one attached hydrogen (secondary N) is 2. The van der Waals surface area contributed by atoms with E-state index in [0.29, 0.717) is 17.5 Å². The number of thiazole rings is 1. The van der Waals surface area contributed by atoms with Gasteiger partial charge in [0.25, 0.3) is 0 Å². The number of hydrogen-bond donors (Lipinski definition) is 2. The molecule has 0 spiro atoms. The summed E-state index contributed by atoms with van der Waals surface area (Å²) in [7, 11) is 1.60. The molecule has 1 aromatic heterocycles. The number of aromatic nitrogens is 1. The van der Waals surface area contributed by atoms with Crippen LogP contribution in [0.4, 0.5) is 13.2 Å². The Morgan fingerprint density at radius 1 is 1.29 bits per heavy atom. The summed E-state index contributed by atoms with van der Waals surface area (Å²) >= 11 is 4.36. The minimum atomic E-state index is -4.41. The van der Waals surface area contributed by atoms with E-state index in [-0.39, 0.29) is 30.5 Å². The average molecular weight is 535 g/mol. The van der Waals surface area contributed by atoms with Gasteiger partial charge in [-0.1, -0.05) is 28.1 Å². The molecule has 0 saturated carbocycles. The van der Waals surface area contributed by atoms with Crippen LogP contribution in [-0.2, 0) is 19.3 Å². The third kappa shape index (κ3) is 6.55. The summed E-state index contributed by atoms with van der Waals surface area (Å²) in [5.74, 6) is 0.494. The predicted molar refractivity (Wildman–Crippen MR) is 104 cm³/mol. The lowest BCUT2D eigenvalue weighted by atomic mass is 10.2. The van der Waals surface area contributed by atoms with Crippen molar-refractivity contribution < 1.29 is 13.2 Å². The molecule has 0 bridgehead atoms. The molecule has 0 aliphatic heterocycles. The molecule has 1 heterocycles. The lowest BCUT2D eigenvalue weighted by molar-refractivity contribution is -0.140. The maximum Gasteiger partial charge on any atom is 0.434 e. The normalized spacial score (nSPS) is 11.8. The van der Waals surface area contributed by atoms with Crippen molar-refractivity contribution >= 4 is 57.2 Å². The molecule has 132 valence electrons. The lowest BCUT2D eigenvalue weighted by Crippen LogP contribution is -2.36. The highest BCUT2D eigenvalue weighted by Crippen LogP contribution is 2.29. The van der Waals surface area contributed by atoms with Crippen LogP contribution in [0.5, 0.6) is 0 Å². The molecule has 0 amide bonds. The molecule has 2 rings (SSSR count).